The molecule has 0 spiro atoms. The summed E-state index contributed by atoms with van der Waals surface area (Å²) in [6.45, 7) is 1.85. The molecule has 0 radical (unpaired) electrons. The molecule has 2 saturated heterocycles. The van der Waals surface area contributed by atoms with Crippen molar-refractivity contribution >= 4 is 5.91 Å². The van der Waals surface area contributed by atoms with Gasteiger partial charge in [0.25, 0.3) is 0 Å². The van der Waals surface area contributed by atoms with Crippen molar-refractivity contribution in [1.82, 2.24) is 26.1 Å². The zero-order valence-electron chi connectivity index (χ0n) is 15.8. The molecule has 3 unspecified atom stereocenters. The van der Waals surface area contributed by atoms with E-state index < -0.39 is 0 Å². The first-order chi connectivity index (χ1) is 13.7. The SMILES string of the molecule is O=C(Cc1ccc(F)cc1)NC1CCCN(C2CC(c3ccncc3)NN2)C1. The Morgan fingerprint density at radius 2 is 1.96 bits per heavy atom. The number of nitrogens with zero attached hydrogens (tertiary/aromatic N) is 2. The number of nitrogens with one attached hydrogen (secondary N) is 3. The first-order valence-corrected chi connectivity index (χ1v) is 9.86. The van der Waals surface area contributed by atoms with Gasteiger partial charge in [-0.2, -0.15) is 0 Å². The molecular formula is C21H26FN5O. The number of rotatable bonds is 5. The van der Waals surface area contributed by atoms with Gasteiger partial charge >= 0.3 is 0 Å². The standard InChI is InChI=1S/C21H26FN5O/c22-17-5-3-15(4-6-17)12-21(28)24-18-2-1-11-27(14-18)20-13-19(25-26-20)16-7-9-23-10-8-16/h3-10,18-20,25-26H,1-2,11-14H2,(H,24,28). The van der Waals surface area contributed by atoms with Crippen molar-refractivity contribution in [2.45, 2.75) is 43.9 Å². The topological polar surface area (TPSA) is 69.3 Å². The molecule has 0 bridgehead atoms. The molecule has 2 aliphatic rings. The summed E-state index contributed by atoms with van der Waals surface area (Å²) >= 11 is 0. The summed E-state index contributed by atoms with van der Waals surface area (Å²) in [5.74, 6) is -0.291. The van der Waals surface area contributed by atoms with Crippen LogP contribution in [0.15, 0.2) is 48.8 Å². The number of hydrogen-bond acceptors (Lipinski definition) is 5. The lowest BCUT2D eigenvalue weighted by Gasteiger charge is -2.36. The van der Waals surface area contributed by atoms with Crippen LogP contribution in [0, 0.1) is 5.82 Å². The Bertz CT molecular complexity index is 785. The van der Waals surface area contributed by atoms with E-state index in [9.17, 15) is 9.18 Å². The van der Waals surface area contributed by atoms with Crippen LogP contribution in [-0.2, 0) is 11.2 Å². The molecule has 28 heavy (non-hydrogen) atoms. The Morgan fingerprint density at radius 1 is 1.18 bits per heavy atom. The van der Waals surface area contributed by atoms with Gasteiger partial charge in [0.05, 0.1) is 12.6 Å². The molecule has 1 aromatic heterocycles. The van der Waals surface area contributed by atoms with E-state index in [0.29, 0.717) is 0 Å². The van der Waals surface area contributed by atoms with Crippen molar-refractivity contribution < 1.29 is 9.18 Å². The third-order valence-electron chi connectivity index (χ3n) is 5.53. The minimum absolute atomic E-state index is 0.00868. The van der Waals surface area contributed by atoms with E-state index in [-0.39, 0.29) is 36.4 Å². The second-order valence-corrected chi connectivity index (χ2v) is 7.58. The number of pyridine rings is 1. The summed E-state index contributed by atoms with van der Waals surface area (Å²) in [6.07, 6.45) is 7.18. The number of amides is 1. The molecule has 0 aliphatic carbocycles. The summed E-state index contributed by atoms with van der Waals surface area (Å²) < 4.78 is 13.0. The molecule has 2 aromatic rings. The van der Waals surface area contributed by atoms with E-state index in [1.165, 1.54) is 17.7 Å². The Morgan fingerprint density at radius 3 is 2.75 bits per heavy atom. The van der Waals surface area contributed by atoms with Crippen LogP contribution < -0.4 is 16.2 Å². The molecule has 7 heteroatoms. The molecule has 6 nitrogen and oxygen atoms in total. The van der Waals surface area contributed by atoms with Gasteiger partial charge in [0.15, 0.2) is 0 Å². The number of piperidine rings is 1. The number of carbonyl (C=O) groups is 1. The van der Waals surface area contributed by atoms with E-state index in [4.69, 9.17) is 0 Å². The van der Waals surface area contributed by atoms with Crippen molar-refractivity contribution in [3.8, 4) is 0 Å². The monoisotopic (exact) mass is 383 g/mol. The van der Waals surface area contributed by atoms with E-state index in [0.717, 1.165) is 37.9 Å². The highest BCUT2D eigenvalue weighted by Crippen LogP contribution is 2.25. The average Bonchev–Trinajstić information content (AvgIpc) is 3.21. The van der Waals surface area contributed by atoms with Gasteiger partial charge in [-0.15, -0.1) is 0 Å². The smallest absolute Gasteiger partial charge is 0.224 e. The molecule has 3 heterocycles. The van der Waals surface area contributed by atoms with Crippen LogP contribution in [0.5, 0.6) is 0 Å². The number of carbonyl (C=O) groups excluding carboxylic acids is 1. The Kier molecular flexibility index (Phi) is 5.95. The van der Waals surface area contributed by atoms with Gasteiger partial charge in [-0.25, -0.2) is 15.2 Å². The fourth-order valence-electron chi connectivity index (χ4n) is 4.07. The zero-order chi connectivity index (χ0) is 19.3. The average molecular weight is 383 g/mol. The largest absolute Gasteiger partial charge is 0.352 e. The quantitative estimate of drug-likeness (QED) is 0.736. The minimum Gasteiger partial charge on any atom is -0.352 e. The van der Waals surface area contributed by atoms with Crippen LogP contribution in [0.3, 0.4) is 0 Å². The highest BCUT2D eigenvalue weighted by atomic mass is 19.1. The first kappa shape index (κ1) is 19.0. The van der Waals surface area contributed by atoms with Crippen LogP contribution in [0.2, 0.25) is 0 Å². The predicted octanol–water partition coefficient (Wildman–Crippen LogP) is 1.91. The first-order valence-electron chi connectivity index (χ1n) is 9.86. The molecular weight excluding hydrogens is 357 g/mol. The summed E-state index contributed by atoms with van der Waals surface area (Å²) in [7, 11) is 0. The highest BCUT2D eigenvalue weighted by Gasteiger charge is 2.32. The van der Waals surface area contributed by atoms with E-state index in [1.54, 1.807) is 12.1 Å². The van der Waals surface area contributed by atoms with Crippen LogP contribution in [0.25, 0.3) is 0 Å². The lowest BCUT2D eigenvalue weighted by Crippen LogP contribution is -2.54. The lowest BCUT2D eigenvalue weighted by atomic mass is 10.0. The molecule has 4 rings (SSSR count). The second kappa shape index (κ2) is 8.77. The number of benzene rings is 1. The van der Waals surface area contributed by atoms with Gasteiger partial charge in [0, 0.05) is 31.0 Å². The number of halogens is 1. The summed E-state index contributed by atoms with van der Waals surface area (Å²) in [5.41, 5.74) is 8.83. The van der Waals surface area contributed by atoms with Gasteiger partial charge in [-0.1, -0.05) is 12.1 Å². The van der Waals surface area contributed by atoms with Gasteiger partial charge in [-0.3, -0.25) is 14.7 Å². The predicted molar refractivity (Wildman–Crippen MR) is 104 cm³/mol. The van der Waals surface area contributed by atoms with Crippen molar-refractivity contribution in [3.05, 3.63) is 65.7 Å². The lowest BCUT2D eigenvalue weighted by molar-refractivity contribution is -0.121. The van der Waals surface area contributed by atoms with Gasteiger partial charge in [-0.05, 0) is 61.2 Å². The maximum absolute atomic E-state index is 13.0. The highest BCUT2D eigenvalue weighted by molar-refractivity contribution is 5.78. The number of hydrazine groups is 1. The van der Waals surface area contributed by atoms with Crippen LogP contribution in [0.1, 0.15) is 36.4 Å². The fraction of sp³-hybridized carbons (Fsp3) is 0.429. The van der Waals surface area contributed by atoms with Crippen LogP contribution in [-0.4, -0.2) is 41.1 Å². The van der Waals surface area contributed by atoms with E-state index in [2.05, 4.69) is 26.1 Å². The second-order valence-electron chi connectivity index (χ2n) is 7.58. The normalized spacial score (nSPS) is 25.5. The molecule has 0 saturated carbocycles. The third-order valence-corrected chi connectivity index (χ3v) is 5.53. The Hall–Kier alpha value is -2.35. The summed E-state index contributed by atoms with van der Waals surface area (Å²) in [5, 5.41) is 3.15. The van der Waals surface area contributed by atoms with Crippen molar-refractivity contribution in [3.63, 3.8) is 0 Å². The maximum Gasteiger partial charge on any atom is 0.224 e. The van der Waals surface area contributed by atoms with Gasteiger partial charge in [0.1, 0.15) is 5.82 Å². The molecule has 148 valence electrons. The molecule has 2 fully saturated rings. The number of aromatic nitrogens is 1. The van der Waals surface area contributed by atoms with E-state index >= 15 is 0 Å². The zero-order valence-corrected chi connectivity index (χ0v) is 15.8. The summed E-state index contributed by atoms with van der Waals surface area (Å²) in [6, 6.07) is 10.6. The fourth-order valence-corrected chi connectivity index (χ4v) is 4.07. The number of hydrogen-bond donors (Lipinski definition) is 3. The third kappa shape index (κ3) is 4.73. The molecule has 3 atom stereocenters. The van der Waals surface area contributed by atoms with Crippen molar-refractivity contribution in [2.24, 2.45) is 0 Å². The molecule has 3 N–H and O–H groups in total. The molecule has 2 aliphatic heterocycles. The molecule has 1 amide bonds. The number of likely N-dealkylation sites (tertiary alicyclic amines) is 1. The van der Waals surface area contributed by atoms with Crippen molar-refractivity contribution in [2.75, 3.05) is 13.1 Å². The Balaban J connectivity index is 1.28. The van der Waals surface area contributed by atoms with Gasteiger partial charge < -0.3 is 5.32 Å². The van der Waals surface area contributed by atoms with Crippen molar-refractivity contribution in [1.29, 1.82) is 0 Å². The van der Waals surface area contributed by atoms with Gasteiger partial charge in [0.2, 0.25) is 5.91 Å². The Labute approximate surface area is 164 Å². The maximum atomic E-state index is 13.0. The van der Waals surface area contributed by atoms with Crippen LogP contribution >= 0.6 is 0 Å². The van der Waals surface area contributed by atoms with Crippen LogP contribution in [0.4, 0.5) is 4.39 Å². The molecule has 1 aromatic carbocycles. The minimum atomic E-state index is -0.283. The summed E-state index contributed by atoms with van der Waals surface area (Å²) in [4.78, 5) is 18.9. The van der Waals surface area contributed by atoms with E-state index in [1.807, 2.05) is 24.5 Å².